The van der Waals surface area contributed by atoms with E-state index in [1.165, 1.54) is 6.20 Å². The van der Waals surface area contributed by atoms with Gasteiger partial charge in [0, 0.05) is 18.7 Å². The highest BCUT2D eigenvalue weighted by Gasteiger charge is 2.21. The Morgan fingerprint density at radius 3 is 2.61 bits per heavy atom. The normalized spacial score (nSPS) is 14.1. The maximum atomic E-state index is 12.1. The third-order valence-electron chi connectivity index (χ3n) is 3.05. The van der Waals surface area contributed by atoms with Crippen molar-refractivity contribution >= 4 is 10.0 Å². The van der Waals surface area contributed by atoms with Crippen molar-refractivity contribution in [2.75, 3.05) is 13.6 Å². The Kier molecular flexibility index (Phi) is 5.30. The van der Waals surface area contributed by atoms with Crippen LogP contribution in [0.4, 0.5) is 0 Å². The zero-order chi connectivity index (χ0) is 13.8. The molecule has 7 heteroatoms. The van der Waals surface area contributed by atoms with Crippen molar-refractivity contribution in [3.63, 3.8) is 0 Å². The third kappa shape index (κ3) is 3.79. The Hall–Kier alpha value is -0.920. The molecule has 0 radical (unpaired) electrons. The summed E-state index contributed by atoms with van der Waals surface area (Å²) in [6.45, 7) is 7.06. The Balaban J connectivity index is 2.77. The number of aromatic amines is 1. The third-order valence-corrected chi connectivity index (χ3v) is 4.49. The van der Waals surface area contributed by atoms with Crippen molar-refractivity contribution in [1.82, 2.24) is 20.2 Å². The van der Waals surface area contributed by atoms with Crippen LogP contribution >= 0.6 is 0 Å². The second-order valence-corrected chi connectivity index (χ2v) is 6.53. The fourth-order valence-corrected chi connectivity index (χ4v) is 2.67. The summed E-state index contributed by atoms with van der Waals surface area (Å²) in [5.41, 5.74) is 0.641. The number of sulfonamides is 1. The highest BCUT2D eigenvalue weighted by molar-refractivity contribution is 7.89. The van der Waals surface area contributed by atoms with E-state index in [1.807, 2.05) is 6.92 Å². The van der Waals surface area contributed by atoms with Crippen LogP contribution in [0, 0.1) is 11.8 Å². The highest BCUT2D eigenvalue weighted by Crippen LogP contribution is 2.13. The SMILES string of the molecule is CNCc1cn[nH]c1S(=O)(=O)NCC(C)C(C)C. The van der Waals surface area contributed by atoms with E-state index in [0.29, 0.717) is 24.6 Å². The molecular formula is C11H22N4O2S. The highest BCUT2D eigenvalue weighted by atomic mass is 32.2. The zero-order valence-corrected chi connectivity index (χ0v) is 12.1. The molecule has 1 unspecified atom stereocenters. The molecule has 0 aliphatic rings. The fourth-order valence-electron chi connectivity index (χ4n) is 1.40. The van der Waals surface area contributed by atoms with E-state index in [9.17, 15) is 8.42 Å². The zero-order valence-electron chi connectivity index (χ0n) is 11.3. The van der Waals surface area contributed by atoms with E-state index in [-0.39, 0.29) is 10.9 Å². The molecule has 0 fully saturated rings. The lowest BCUT2D eigenvalue weighted by molar-refractivity contribution is 0.414. The van der Waals surface area contributed by atoms with Gasteiger partial charge in [-0.25, -0.2) is 13.1 Å². The molecule has 0 aliphatic heterocycles. The fraction of sp³-hybridized carbons (Fsp3) is 0.727. The van der Waals surface area contributed by atoms with Gasteiger partial charge in [-0.2, -0.15) is 5.10 Å². The first-order valence-electron chi connectivity index (χ1n) is 6.05. The standard InChI is InChI=1S/C11H22N4O2S/c1-8(2)9(3)5-14-18(16,17)11-10(6-12-4)7-13-15-11/h7-9,12,14H,5-6H2,1-4H3,(H,13,15). The van der Waals surface area contributed by atoms with Crippen molar-refractivity contribution in [2.24, 2.45) is 11.8 Å². The molecule has 3 N–H and O–H groups in total. The molecule has 0 spiro atoms. The molecule has 1 aromatic rings. The van der Waals surface area contributed by atoms with Gasteiger partial charge >= 0.3 is 0 Å². The van der Waals surface area contributed by atoms with Crippen LogP contribution in [-0.4, -0.2) is 32.2 Å². The smallest absolute Gasteiger partial charge is 0.257 e. The van der Waals surface area contributed by atoms with Crippen LogP contribution in [0.15, 0.2) is 11.2 Å². The van der Waals surface area contributed by atoms with Gasteiger partial charge in [0.05, 0.1) is 6.20 Å². The summed E-state index contributed by atoms with van der Waals surface area (Å²) in [5.74, 6) is 0.724. The number of nitrogens with one attached hydrogen (secondary N) is 3. The molecule has 6 nitrogen and oxygen atoms in total. The Morgan fingerprint density at radius 1 is 1.39 bits per heavy atom. The van der Waals surface area contributed by atoms with Gasteiger partial charge in [0.1, 0.15) is 0 Å². The molecule has 0 amide bonds. The van der Waals surface area contributed by atoms with Crippen molar-refractivity contribution in [1.29, 1.82) is 0 Å². The molecule has 0 saturated heterocycles. The van der Waals surface area contributed by atoms with Gasteiger partial charge in [-0.05, 0) is 18.9 Å². The molecular weight excluding hydrogens is 252 g/mol. The average molecular weight is 274 g/mol. The predicted octanol–water partition coefficient (Wildman–Crippen LogP) is 0.700. The van der Waals surface area contributed by atoms with Gasteiger partial charge < -0.3 is 5.32 Å². The molecule has 18 heavy (non-hydrogen) atoms. The van der Waals surface area contributed by atoms with Gasteiger partial charge in [0.15, 0.2) is 5.03 Å². The quantitative estimate of drug-likeness (QED) is 0.683. The Bertz CT molecular complexity index is 467. The molecule has 0 aromatic carbocycles. The summed E-state index contributed by atoms with van der Waals surface area (Å²) in [4.78, 5) is 0. The van der Waals surface area contributed by atoms with Gasteiger partial charge in [-0.15, -0.1) is 0 Å². The minimum Gasteiger partial charge on any atom is -0.316 e. The van der Waals surface area contributed by atoms with Crippen molar-refractivity contribution in [3.05, 3.63) is 11.8 Å². The lowest BCUT2D eigenvalue weighted by Gasteiger charge is -2.16. The molecule has 104 valence electrons. The van der Waals surface area contributed by atoms with E-state index in [4.69, 9.17) is 0 Å². The lowest BCUT2D eigenvalue weighted by atomic mass is 9.99. The summed E-state index contributed by atoms with van der Waals surface area (Å²) >= 11 is 0. The number of hydrogen-bond acceptors (Lipinski definition) is 4. The van der Waals surface area contributed by atoms with Crippen LogP contribution in [0.1, 0.15) is 26.3 Å². The minimum absolute atomic E-state index is 0.146. The van der Waals surface area contributed by atoms with Gasteiger partial charge in [-0.1, -0.05) is 20.8 Å². The maximum absolute atomic E-state index is 12.1. The topological polar surface area (TPSA) is 86.9 Å². The van der Waals surface area contributed by atoms with Crippen molar-refractivity contribution in [2.45, 2.75) is 32.3 Å². The van der Waals surface area contributed by atoms with Gasteiger partial charge in [-0.3, -0.25) is 5.10 Å². The summed E-state index contributed by atoms with van der Waals surface area (Å²) in [6, 6.07) is 0. The summed E-state index contributed by atoms with van der Waals surface area (Å²) in [6.07, 6.45) is 1.52. The Morgan fingerprint density at radius 2 is 2.06 bits per heavy atom. The number of nitrogens with zero attached hydrogens (tertiary/aromatic N) is 1. The first-order valence-corrected chi connectivity index (χ1v) is 7.53. The summed E-state index contributed by atoms with van der Waals surface area (Å²) in [5, 5.41) is 9.39. The Labute approximate surface area is 109 Å². The summed E-state index contributed by atoms with van der Waals surface area (Å²) in [7, 11) is -1.74. The molecule has 1 heterocycles. The molecule has 0 aliphatic carbocycles. The first-order chi connectivity index (χ1) is 8.38. The second kappa shape index (κ2) is 6.31. The van der Waals surface area contributed by atoms with Crippen LogP contribution < -0.4 is 10.0 Å². The number of H-pyrrole nitrogens is 1. The monoisotopic (exact) mass is 274 g/mol. The lowest BCUT2D eigenvalue weighted by Crippen LogP contribution is -2.31. The average Bonchev–Trinajstić information content (AvgIpc) is 2.75. The maximum Gasteiger partial charge on any atom is 0.257 e. The number of hydrogen-bond donors (Lipinski definition) is 3. The van der Waals surface area contributed by atoms with E-state index >= 15 is 0 Å². The van der Waals surface area contributed by atoms with E-state index < -0.39 is 10.0 Å². The number of rotatable bonds is 7. The molecule has 1 aromatic heterocycles. The van der Waals surface area contributed by atoms with Crippen molar-refractivity contribution < 1.29 is 8.42 Å². The van der Waals surface area contributed by atoms with Crippen LogP contribution in [0.5, 0.6) is 0 Å². The van der Waals surface area contributed by atoms with Crippen LogP contribution in [0.2, 0.25) is 0 Å². The van der Waals surface area contributed by atoms with E-state index in [0.717, 1.165) is 0 Å². The van der Waals surface area contributed by atoms with Crippen LogP contribution in [0.3, 0.4) is 0 Å². The first kappa shape index (κ1) is 15.1. The van der Waals surface area contributed by atoms with Gasteiger partial charge in [0.2, 0.25) is 0 Å². The minimum atomic E-state index is -3.51. The van der Waals surface area contributed by atoms with E-state index in [1.54, 1.807) is 7.05 Å². The van der Waals surface area contributed by atoms with Crippen molar-refractivity contribution in [3.8, 4) is 0 Å². The molecule has 0 bridgehead atoms. The van der Waals surface area contributed by atoms with Crippen LogP contribution in [-0.2, 0) is 16.6 Å². The number of aromatic nitrogens is 2. The van der Waals surface area contributed by atoms with Crippen LogP contribution in [0.25, 0.3) is 0 Å². The van der Waals surface area contributed by atoms with Gasteiger partial charge in [0.25, 0.3) is 10.0 Å². The second-order valence-electron chi connectivity index (χ2n) is 4.83. The molecule has 1 atom stereocenters. The largest absolute Gasteiger partial charge is 0.316 e. The predicted molar refractivity (Wildman–Crippen MR) is 70.5 cm³/mol. The molecule has 1 rings (SSSR count). The summed E-state index contributed by atoms with van der Waals surface area (Å²) < 4.78 is 26.8. The van der Waals surface area contributed by atoms with E-state index in [2.05, 4.69) is 34.1 Å². The molecule has 0 saturated carbocycles.